The smallest absolute Gasteiger partial charge is 0.412 e. The van der Waals surface area contributed by atoms with Crippen molar-refractivity contribution < 1.29 is 32.6 Å². The number of pyridine rings is 1. The zero-order chi connectivity index (χ0) is 36.4. The maximum atomic E-state index is 17.4. The molecule has 1 saturated carbocycles. The average molecular weight is 734 g/mol. The van der Waals surface area contributed by atoms with Crippen LogP contribution in [-0.4, -0.2) is 63.7 Å². The quantitative estimate of drug-likeness (QED) is 0.206. The number of carbonyl (C=O) groups is 2. The largest absolute Gasteiger partial charge is 0.444 e. The molecule has 0 bridgehead atoms. The molecule has 1 N–H and O–H groups in total. The van der Waals surface area contributed by atoms with Crippen molar-refractivity contribution in [3.8, 4) is 17.2 Å². The summed E-state index contributed by atoms with van der Waals surface area (Å²) in [7, 11) is 0. The number of carbonyl (C=O) groups excluding carboxylic acids is 2. The summed E-state index contributed by atoms with van der Waals surface area (Å²) in [5.74, 6) is -1.20. The van der Waals surface area contributed by atoms with Crippen molar-refractivity contribution >= 4 is 67.0 Å². The van der Waals surface area contributed by atoms with Gasteiger partial charge in [0.2, 0.25) is 0 Å². The van der Waals surface area contributed by atoms with E-state index in [0.29, 0.717) is 28.1 Å². The molecule has 5 heterocycles. The highest BCUT2D eigenvalue weighted by Crippen LogP contribution is 2.63. The van der Waals surface area contributed by atoms with Gasteiger partial charge in [-0.3, -0.25) is 10.2 Å². The Morgan fingerprint density at radius 1 is 1.10 bits per heavy atom. The number of piperazine rings is 1. The predicted molar refractivity (Wildman–Crippen MR) is 192 cm³/mol. The zero-order valence-electron chi connectivity index (χ0n) is 29.3. The summed E-state index contributed by atoms with van der Waals surface area (Å²) in [6.45, 7) is 11.5. The van der Waals surface area contributed by atoms with E-state index in [9.17, 15) is 14.9 Å². The molecule has 2 aromatic heterocycles. The molecule has 51 heavy (non-hydrogen) atoms. The van der Waals surface area contributed by atoms with Gasteiger partial charge >= 0.3 is 12.2 Å². The molecule has 4 aliphatic rings. The van der Waals surface area contributed by atoms with Gasteiger partial charge in [-0.25, -0.2) is 23.4 Å². The monoisotopic (exact) mass is 733 g/mol. The molecule has 266 valence electrons. The molecule has 3 atom stereocenters. The van der Waals surface area contributed by atoms with Crippen LogP contribution < -0.4 is 10.2 Å². The predicted octanol–water partition coefficient (Wildman–Crippen LogP) is 8.71. The van der Waals surface area contributed by atoms with E-state index < -0.39 is 28.9 Å². The number of rotatable bonds is 4. The van der Waals surface area contributed by atoms with Crippen LogP contribution in [0.3, 0.4) is 0 Å². The maximum absolute atomic E-state index is 17.4. The van der Waals surface area contributed by atoms with E-state index in [1.54, 1.807) is 20.8 Å². The van der Waals surface area contributed by atoms with Crippen LogP contribution in [0.2, 0.25) is 0 Å². The van der Waals surface area contributed by atoms with Crippen molar-refractivity contribution in [2.45, 2.75) is 101 Å². The number of aromatic nitrogens is 1. The molecule has 2 aromatic carbocycles. The van der Waals surface area contributed by atoms with E-state index in [0.717, 1.165) is 35.4 Å². The number of benzene rings is 2. The van der Waals surface area contributed by atoms with Crippen LogP contribution >= 0.6 is 23.1 Å². The molecule has 3 aliphatic heterocycles. The van der Waals surface area contributed by atoms with Crippen molar-refractivity contribution in [2.75, 3.05) is 23.0 Å². The van der Waals surface area contributed by atoms with Crippen LogP contribution in [0.4, 0.5) is 29.1 Å². The van der Waals surface area contributed by atoms with Gasteiger partial charge in [0.05, 0.1) is 51.8 Å². The van der Waals surface area contributed by atoms with Gasteiger partial charge in [0.15, 0.2) is 5.82 Å². The highest BCUT2D eigenvalue weighted by atomic mass is 32.2. The lowest BCUT2D eigenvalue weighted by atomic mass is 9.52. The number of nitriles is 1. The number of amides is 2. The van der Waals surface area contributed by atoms with Crippen LogP contribution in [0.15, 0.2) is 23.2 Å². The van der Waals surface area contributed by atoms with Gasteiger partial charge in [0.25, 0.3) is 0 Å². The molecule has 2 amide bonds. The van der Waals surface area contributed by atoms with Crippen molar-refractivity contribution in [3.63, 3.8) is 0 Å². The Balaban J connectivity index is 1.27. The number of hydrogen-bond donors (Lipinski definition) is 1. The first-order valence-corrected chi connectivity index (χ1v) is 18.9. The van der Waals surface area contributed by atoms with Crippen LogP contribution in [-0.2, 0) is 27.4 Å². The van der Waals surface area contributed by atoms with Crippen molar-refractivity contribution in [1.29, 1.82) is 5.26 Å². The number of piperidine rings is 1. The lowest BCUT2D eigenvalue weighted by Gasteiger charge is -2.80. The van der Waals surface area contributed by atoms with Crippen molar-refractivity contribution in [2.24, 2.45) is 0 Å². The van der Waals surface area contributed by atoms with E-state index >= 15 is 8.78 Å². The number of anilines is 2. The Morgan fingerprint density at radius 2 is 1.82 bits per heavy atom. The topological polar surface area (TPSA) is 117 Å². The van der Waals surface area contributed by atoms with Gasteiger partial charge in [-0.15, -0.1) is 23.1 Å². The number of hydrogen-bond acceptors (Lipinski definition) is 10. The fourth-order valence-electron chi connectivity index (χ4n) is 8.23. The number of nitrogens with one attached hydrogen (secondary N) is 1. The van der Waals surface area contributed by atoms with E-state index in [2.05, 4.69) is 16.3 Å². The molecule has 8 rings (SSSR count). The first kappa shape index (κ1) is 33.9. The minimum atomic E-state index is -0.799. The van der Waals surface area contributed by atoms with Gasteiger partial charge in [-0.2, -0.15) is 5.26 Å². The molecule has 1 spiro atoms. The SMILES string of the molecule is CSc1cc(N2C3CCC34C2CN4C(=O)OC(C)(C)C)c2c3c(c(-c4ccc(F)c5sc(NC(=O)OC(C)(C)C)c(C#N)c45)c(F)c2n1)COC3. The van der Waals surface area contributed by atoms with Crippen LogP contribution in [0.1, 0.15) is 71.1 Å². The molecule has 2 saturated heterocycles. The first-order chi connectivity index (χ1) is 24.1. The molecule has 10 nitrogen and oxygen atoms in total. The third-order valence-electron chi connectivity index (χ3n) is 10.3. The number of halogens is 2. The minimum Gasteiger partial charge on any atom is -0.444 e. The summed E-state index contributed by atoms with van der Waals surface area (Å²) < 4.78 is 50.0. The normalized spacial score (nSPS) is 22.0. The van der Waals surface area contributed by atoms with E-state index in [1.165, 1.54) is 23.9 Å². The lowest BCUT2D eigenvalue weighted by Crippen LogP contribution is -2.97. The standard InChI is InChI=1S/C37H37F2N5O5S2/c1-35(2,3)48-33(45)42-32-18(13-40)27-17(8-9-21(38)31(27)51-32)26-19-15-47-16-20(19)28-22(12-25(50-7)41-30(28)29(26)39)44-23-10-11-37(23)24(44)14-43(37)34(46)49-36(4,5)6/h8-9,12,23-24H,10-11,14-16H2,1-7H3,(H,42,45). The summed E-state index contributed by atoms with van der Waals surface area (Å²) in [5.41, 5.74) is 1.22. The molecular weight excluding hydrogens is 697 g/mol. The fraction of sp³-hybridized carbons (Fsp3) is 0.459. The third kappa shape index (κ3) is 4.98. The highest BCUT2D eigenvalue weighted by Gasteiger charge is 2.77. The van der Waals surface area contributed by atoms with Crippen molar-refractivity contribution in [3.05, 3.63) is 46.5 Å². The molecule has 1 aliphatic carbocycles. The number of fused-ring (bicyclic) bond motifs is 4. The maximum Gasteiger partial charge on any atom is 0.412 e. The molecule has 3 fully saturated rings. The number of thiophene rings is 1. The van der Waals surface area contributed by atoms with Gasteiger partial charge in [-0.05, 0) is 89.5 Å². The second-order valence-corrected chi connectivity index (χ2v) is 17.3. The Kier molecular flexibility index (Phi) is 7.59. The molecule has 4 aromatic rings. The minimum absolute atomic E-state index is 0.00969. The van der Waals surface area contributed by atoms with Crippen molar-refractivity contribution in [1.82, 2.24) is 9.88 Å². The van der Waals surface area contributed by atoms with Gasteiger partial charge < -0.3 is 19.1 Å². The van der Waals surface area contributed by atoms with E-state index in [1.807, 2.05) is 38.0 Å². The molecular formula is C37H37F2N5O5S2. The summed E-state index contributed by atoms with van der Waals surface area (Å²) in [6, 6.07) is 6.95. The summed E-state index contributed by atoms with van der Waals surface area (Å²) in [6.07, 6.45) is 2.55. The third-order valence-corrected chi connectivity index (χ3v) is 12.0. The Hall–Kier alpha value is -4.19. The van der Waals surface area contributed by atoms with Gasteiger partial charge in [0.1, 0.15) is 33.6 Å². The summed E-state index contributed by atoms with van der Waals surface area (Å²) >= 11 is 2.30. The van der Waals surface area contributed by atoms with E-state index in [4.69, 9.17) is 19.2 Å². The Bertz CT molecular complexity index is 2230. The van der Waals surface area contributed by atoms with Crippen LogP contribution in [0.25, 0.3) is 32.1 Å². The lowest BCUT2D eigenvalue weighted by molar-refractivity contribution is -0.166. The number of ether oxygens (including phenoxy) is 3. The Labute approximate surface area is 302 Å². The molecule has 3 unspecified atom stereocenters. The van der Waals surface area contributed by atoms with Gasteiger partial charge in [-0.1, -0.05) is 6.07 Å². The first-order valence-electron chi connectivity index (χ1n) is 16.8. The summed E-state index contributed by atoms with van der Waals surface area (Å²) in [5, 5.41) is 14.5. The second-order valence-electron chi connectivity index (χ2n) is 15.4. The highest BCUT2D eigenvalue weighted by molar-refractivity contribution is 7.98. The summed E-state index contributed by atoms with van der Waals surface area (Å²) in [4.78, 5) is 34.8. The number of thioether (sulfide) groups is 1. The second kappa shape index (κ2) is 11.4. The van der Waals surface area contributed by atoms with Crippen LogP contribution in [0.5, 0.6) is 0 Å². The average Bonchev–Trinajstić information content (AvgIpc) is 3.63. The number of nitrogens with zero attached hydrogens (tertiary/aromatic N) is 4. The van der Waals surface area contributed by atoms with Crippen LogP contribution in [0, 0.1) is 23.0 Å². The van der Waals surface area contributed by atoms with Gasteiger partial charge in [0, 0.05) is 22.9 Å². The van der Waals surface area contributed by atoms with E-state index in [-0.39, 0.29) is 68.7 Å². The Morgan fingerprint density at radius 3 is 2.45 bits per heavy atom. The fourth-order valence-corrected chi connectivity index (χ4v) is 9.71. The molecule has 0 radical (unpaired) electrons. The number of likely N-dealkylation sites (tertiary alicyclic amines) is 1. The zero-order valence-corrected chi connectivity index (χ0v) is 31.0. The molecule has 14 heteroatoms.